The first-order valence-electron chi connectivity index (χ1n) is 9.05. The molecule has 27 heavy (non-hydrogen) atoms. The van der Waals surface area contributed by atoms with Crippen LogP contribution < -0.4 is 10.9 Å². The standard InChI is InChI=1S/C19H22N4O3S/c1-12-5-8-26-17(12)18(25)20-14-3-6-22(7-4-14)10-15-9-16(24)23-13(2)11-27-19(23)21-15/h5,8-9,11,14H,3-4,6-7,10H2,1-2H3,(H,20,25). The Morgan fingerprint density at radius 1 is 1.37 bits per heavy atom. The first-order chi connectivity index (χ1) is 13.0. The van der Waals surface area contributed by atoms with Gasteiger partial charge in [-0.25, -0.2) is 4.98 Å². The third-order valence-electron chi connectivity index (χ3n) is 5.01. The molecule has 3 aromatic heterocycles. The minimum absolute atomic E-state index is 0.0234. The summed E-state index contributed by atoms with van der Waals surface area (Å²) in [5.74, 6) is 0.241. The van der Waals surface area contributed by atoms with Crippen molar-refractivity contribution in [3.63, 3.8) is 0 Å². The summed E-state index contributed by atoms with van der Waals surface area (Å²) in [5, 5.41) is 5.00. The van der Waals surface area contributed by atoms with Crippen LogP contribution in [0.5, 0.6) is 0 Å². The molecule has 8 heteroatoms. The van der Waals surface area contributed by atoms with E-state index in [0.717, 1.165) is 47.8 Å². The fourth-order valence-electron chi connectivity index (χ4n) is 3.50. The van der Waals surface area contributed by atoms with Gasteiger partial charge in [0.25, 0.3) is 11.5 Å². The molecule has 0 unspecified atom stereocenters. The molecule has 142 valence electrons. The van der Waals surface area contributed by atoms with E-state index in [1.54, 1.807) is 16.5 Å². The van der Waals surface area contributed by atoms with Crippen molar-refractivity contribution < 1.29 is 9.21 Å². The van der Waals surface area contributed by atoms with Crippen LogP contribution >= 0.6 is 11.3 Å². The summed E-state index contributed by atoms with van der Waals surface area (Å²) in [5.41, 5.74) is 2.55. The number of amides is 1. The van der Waals surface area contributed by atoms with Gasteiger partial charge in [0.05, 0.1) is 12.0 Å². The fraction of sp³-hybridized carbons (Fsp3) is 0.421. The van der Waals surface area contributed by atoms with Gasteiger partial charge >= 0.3 is 0 Å². The minimum Gasteiger partial charge on any atom is -0.459 e. The molecular weight excluding hydrogens is 364 g/mol. The van der Waals surface area contributed by atoms with Gasteiger partial charge in [-0.05, 0) is 32.8 Å². The lowest BCUT2D eigenvalue weighted by Gasteiger charge is -2.31. The highest BCUT2D eigenvalue weighted by molar-refractivity contribution is 7.15. The first-order valence-corrected chi connectivity index (χ1v) is 9.93. The molecule has 3 aromatic rings. The van der Waals surface area contributed by atoms with E-state index in [1.165, 1.54) is 17.6 Å². The molecule has 0 saturated carbocycles. The number of fused-ring (bicyclic) bond motifs is 1. The van der Waals surface area contributed by atoms with E-state index < -0.39 is 0 Å². The normalized spacial score (nSPS) is 16.1. The van der Waals surface area contributed by atoms with E-state index in [0.29, 0.717) is 12.3 Å². The summed E-state index contributed by atoms with van der Waals surface area (Å²) in [4.78, 5) is 32.2. The van der Waals surface area contributed by atoms with Gasteiger partial charge in [0.1, 0.15) is 0 Å². The van der Waals surface area contributed by atoms with Gasteiger partial charge in [-0.1, -0.05) is 0 Å². The molecule has 0 spiro atoms. The number of rotatable bonds is 4. The third kappa shape index (κ3) is 3.68. The second kappa shape index (κ2) is 7.28. The molecule has 7 nitrogen and oxygen atoms in total. The molecule has 0 bridgehead atoms. The number of aromatic nitrogens is 2. The van der Waals surface area contributed by atoms with E-state index in [-0.39, 0.29) is 17.5 Å². The number of likely N-dealkylation sites (tertiary alicyclic amines) is 1. The predicted molar refractivity (Wildman–Crippen MR) is 103 cm³/mol. The van der Waals surface area contributed by atoms with Crippen LogP contribution in [0, 0.1) is 13.8 Å². The van der Waals surface area contributed by atoms with Crippen molar-refractivity contribution >= 4 is 22.2 Å². The number of piperidine rings is 1. The molecule has 0 aliphatic carbocycles. The molecule has 1 amide bonds. The van der Waals surface area contributed by atoms with Gasteiger partial charge in [-0.2, -0.15) is 0 Å². The van der Waals surface area contributed by atoms with Crippen LogP contribution in [-0.4, -0.2) is 39.3 Å². The minimum atomic E-state index is -0.149. The average molecular weight is 386 g/mol. The van der Waals surface area contributed by atoms with Gasteiger partial charge < -0.3 is 9.73 Å². The molecular formula is C19H22N4O3S. The lowest BCUT2D eigenvalue weighted by Crippen LogP contribution is -2.44. The SMILES string of the molecule is Cc1ccoc1C(=O)NC1CCN(Cc2cc(=O)n3c(C)csc3n2)CC1. The molecule has 0 atom stereocenters. The number of nitrogens with one attached hydrogen (secondary N) is 1. The summed E-state index contributed by atoms with van der Waals surface area (Å²) in [6.45, 7) is 6.14. The summed E-state index contributed by atoms with van der Waals surface area (Å²) < 4.78 is 6.90. The van der Waals surface area contributed by atoms with E-state index in [1.807, 2.05) is 19.2 Å². The van der Waals surface area contributed by atoms with Crippen molar-refractivity contribution in [1.82, 2.24) is 19.6 Å². The number of carbonyl (C=O) groups is 1. The number of thiazole rings is 1. The van der Waals surface area contributed by atoms with E-state index in [4.69, 9.17) is 4.42 Å². The molecule has 4 heterocycles. The van der Waals surface area contributed by atoms with Gasteiger partial charge in [0, 0.05) is 48.4 Å². The lowest BCUT2D eigenvalue weighted by atomic mass is 10.0. The van der Waals surface area contributed by atoms with E-state index in [9.17, 15) is 9.59 Å². The number of nitrogens with zero attached hydrogens (tertiary/aromatic N) is 3. The predicted octanol–water partition coefficient (Wildman–Crippen LogP) is 2.36. The Hall–Kier alpha value is -2.45. The van der Waals surface area contributed by atoms with Crippen LogP contribution in [0.25, 0.3) is 4.96 Å². The maximum Gasteiger partial charge on any atom is 0.287 e. The zero-order chi connectivity index (χ0) is 19.0. The molecule has 1 aliphatic rings. The van der Waals surface area contributed by atoms with Gasteiger partial charge in [-0.15, -0.1) is 11.3 Å². The molecule has 1 N–H and O–H groups in total. The second-order valence-electron chi connectivity index (χ2n) is 7.04. The smallest absolute Gasteiger partial charge is 0.287 e. The van der Waals surface area contributed by atoms with Crippen LogP contribution in [-0.2, 0) is 6.54 Å². The third-order valence-corrected chi connectivity index (χ3v) is 5.95. The van der Waals surface area contributed by atoms with E-state index >= 15 is 0 Å². The summed E-state index contributed by atoms with van der Waals surface area (Å²) in [6.07, 6.45) is 3.27. The number of hydrogen-bond acceptors (Lipinski definition) is 6. The van der Waals surface area contributed by atoms with E-state index in [2.05, 4.69) is 15.2 Å². The van der Waals surface area contributed by atoms with Crippen molar-refractivity contribution in [3.8, 4) is 0 Å². The number of furan rings is 1. The highest BCUT2D eigenvalue weighted by Gasteiger charge is 2.23. The Kier molecular flexibility index (Phi) is 4.84. The monoisotopic (exact) mass is 386 g/mol. The molecule has 0 aromatic carbocycles. The van der Waals surface area contributed by atoms with Crippen molar-refractivity contribution in [2.75, 3.05) is 13.1 Å². The Labute approximate surface area is 160 Å². The highest BCUT2D eigenvalue weighted by Crippen LogP contribution is 2.16. The zero-order valence-corrected chi connectivity index (χ0v) is 16.2. The highest BCUT2D eigenvalue weighted by atomic mass is 32.1. The average Bonchev–Trinajstić information content (AvgIpc) is 3.23. The molecule has 4 rings (SSSR count). The van der Waals surface area contributed by atoms with Gasteiger partial charge in [0.15, 0.2) is 10.7 Å². The zero-order valence-electron chi connectivity index (χ0n) is 15.4. The van der Waals surface area contributed by atoms with Crippen molar-refractivity contribution in [1.29, 1.82) is 0 Å². The van der Waals surface area contributed by atoms with Crippen molar-refractivity contribution in [2.24, 2.45) is 0 Å². The maximum atomic E-state index is 12.3. The van der Waals surface area contributed by atoms with Crippen LogP contribution in [0.2, 0.25) is 0 Å². The number of carbonyl (C=O) groups excluding carboxylic acids is 1. The maximum absolute atomic E-state index is 12.3. The Morgan fingerprint density at radius 3 is 2.85 bits per heavy atom. The molecule has 1 saturated heterocycles. The van der Waals surface area contributed by atoms with Crippen molar-refractivity contribution in [2.45, 2.75) is 39.3 Å². The fourth-order valence-corrected chi connectivity index (χ4v) is 4.39. The molecule has 0 radical (unpaired) electrons. The van der Waals surface area contributed by atoms with Crippen LogP contribution in [0.1, 0.15) is 40.3 Å². The largest absolute Gasteiger partial charge is 0.459 e. The van der Waals surface area contributed by atoms with Gasteiger partial charge in [0.2, 0.25) is 0 Å². The quantitative estimate of drug-likeness (QED) is 0.745. The number of hydrogen-bond donors (Lipinski definition) is 1. The molecule has 1 aliphatic heterocycles. The molecule has 1 fully saturated rings. The lowest BCUT2D eigenvalue weighted by molar-refractivity contribution is 0.0879. The second-order valence-corrected chi connectivity index (χ2v) is 7.87. The van der Waals surface area contributed by atoms with Crippen molar-refractivity contribution in [3.05, 3.63) is 56.8 Å². The summed E-state index contributed by atoms with van der Waals surface area (Å²) in [7, 11) is 0. The van der Waals surface area contributed by atoms with Crippen LogP contribution in [0.15, 0.2) is 33.0 Å². The summed E-state index contributed by atoms with van der Waals surface area (Å²) >= 11 is 1.49. The number of aryl methyl sites for hydroxylation is 2. The Bertz CT molecular complexity index is 1030. The Morgan fingerprint density at radius 2 is 2.15 bits per heavy atom. The summed E-state index contributed by atoms with van der Waals surface area (Å²) in [6, 6.07) is 3.55. The van der Waals surface area contributed by atoms with Crippen LogP contribution in [0.3, 0.4) is 0 Å². The van der Waals surface area contributed by atoms with Gasteiger partial charge in [-0.3, -0.25) is 18.9 Å². The topological polar surface area (TPSA) is 79.9 Å². The van der Waals surface area contributed by atoms with Crippen LogP contribution in [0.4, 0.5) is 0 Å². The Balaban J connectivity index is 1.35. The first kappa shape index (κ1) is 17.9.